The van der Waals surface area contributed by atoms with E-state index >= 15 is 0 Å². The fraction of sp³-hybridized carbons (Fsp3) is 0.389. The van der Waals surface area contributed by atoms with Gasteiger partial charge in [0.2, 0.25) is 5.91 Å². The topological polar surface area (TPSA) is 45.5 Å². The summed E-state index contributed by atoms with van der Waals surface area (Å²) in [5.41, 5.74) is 0. The van der Waals surface area contributed by atoms with Gasteiger partial charge in [0.05, 0.1) is 12.3 Å². The number of piperidine rings is 1. The van der Waals surface area contributed by atoms with Gasteiger partial charge in [0.25, 0.3) is 0 Å². The number of rotatable bonds is 6. The molecule has 1 fully saturated rings. The van der Waals surface area contributed by atoms with E-state index in [0.717, 1.165) is 23.7 Å². The first-order valence-electron chi connectivity index (χ1n) is 8.10. The maximum atomic E-state index is 12.1. The van der Waals surface area contributed by atoms with Crippen LogP contribution in [0.5, 0.6) is 0 Å². The first-order chi connectivity index (χ1) is 11.3. The zero-order chi connectivity index (χ0) is 15.9. The van der Waals surface area contributed by atoms with Crippen LogP contribution >= 0.6 is 11.3 Å². The van der Waals surface area contributed by atoms with Crippen molar-refractivity contribution in [2.75, 3.05) is 19.6 Å². The number of carbonyl (C=O) groups excluding carboxylic acids is 1. The number of nitrogens with one attached hydrogen (secondary N) is 1. The average molecular weight is 330 g/mol. The Kier molecular flexibility index (Phi) is 5.66. The Morgan fingerprint density at radius 1 is 1.30 bits per heavy atom. The minimum Gasteiger partial charge on any atom is -0.468 e. The van der Waals surface area contributed by atoms with Crippen LogP contribution in [0.25, 0.3) is 6.08 Å². The van der Waals surface area contributed by atoms with Crippen molar-refractivity contribution in [1.82, 2.24) is 10.2 Å². The summed E-state index contributed by atoms with van der Waals surface area (Å²) in [7, 11) is 0. The van der Waals surface area contributed by atoms with Crippen molar-refractivity contribution in [2.45, 2.75) is 25.3 Å². The minimum absolute atomic E-state index is 0.0630. The Morgan fingerprint density at radius 3 is 2.87 bits per heavy atom. The maximum absolute atomic E-state index is 12.1. The molecule has 2 aromatic rings. The molecule has 4 nitrogen and oxygen atoms in total. The summed E-state index contributed by atoms with van der Waals surface area (Å²) in [6.45, 7) is 2.69. The third kappa shape index (κ3) is 4.56. The standard InChI is InChI=1S/C18H22N2O2S/c21-18(9-8-15-6-5-13-23-15)19-14-16(17-7-4-12-22-17)20-10-2-1-3-11-20/h4-9,12-13,16H,1-3,10-11,14H2,(H,19,21). The Morgan fingerprint density at radius 2 is 2.17 bits per heavy atom. The molecule has 0 spiro atoms. The molecule has 1 unspecified atom stereocenters. The summed E-state index contributed by atoms with van der Waals surface area (Å²) >= 11 is 1.62. The molecule has 23 heavy (non-hydrogen) atoms. The third-order valence-electron chi connectivity index (χ3n) is 4.11. The second-order valence-electron chi connectivity index (χ2n) is 5.72. The van der Waals surface area contributed by atoms with Gasteiger partial charge in [-0.15, -0.1) is 11.3 Å². The highest BCUT2D eigenvalue weighted by Gasteiger charge is 2.24. The van der Waals surface area contributed by atoms with Gasteiger partial charge in [0.15, 0.2) is 0 Å². The molecule has 1 saturated heterocycles. The Balaban J connectivity index is 1.58. The van der Waals surface area contributed by atoms with Crippen molar-refractivity contribution in [3.63, 3.8) is 0 Å². The highest BCUT2D eigenvalue weighted by atomic mass is 32.1. The lowest BCUT2D eigenvalue weighted by molar-refractivity contribution is -0.116. The molecule has 2 aromatic heterocycles. The monoisotopic (exact) mass is 330 g/mol. The van der Waals surface area contributed by atoms with Crippen LogP contribution in [0.2, 0.25) is 0 Å². The highest BCUT2D eigenvalue weighted by Crippen LogP contribution is 2.24. The largest absolute Gasteiger partial charge is 0.468 e. The first-order valence-corrected chi connectivity index (χ1v) is 8.98. The fourth-order valence-corrected chi connectivity index (χ4v) is 3.54. The van der Waals surface area contributed by atoms with Crippen LogP contribution in [-0.2, 0) is 4.79 Å². The van der Waals surface area contributed by atoms with Gasteiger partial charge in [-0.1, -0.05) is 12.5 Å². The van der Waals surface area contributed by atoms with E-state index in [9.17, 15) is 4.79 Å². The molecular weight excluding hydrogens is 308 g/mol. The maximum Gasteiger partial charge on any atom is 0.244 e. The Bertz CT molecular complexity index is 614. The summed E-state index contributed by atoms with van der Waals surface area (Å²) in [6.07, 6.45) is 8.86. The zero-order valence-corrected chi connectivity index (χ0v) is 13.9. The van der Waals surface area contributed by atoms with E-state index in [1.54, 1.807) is 23.7 Å². The van der Waals surface area contributed by atoms with Gasteiger partial charge in [-0.05, 0) is 55.6 Å². The molecule has 1 aliphatic rings. The number of amides is 1. The predicted octanol–water partition coefficient (Wildman–Crippen LogP) is 3.70. The second kappa shape index (κ2) is 8.13. The van der Waals surface area contributed by atoms with E-state index < -0.39 is 0 Å². The molecule has 0 saturated carbocycles. The predicted molar refractivity (Wildman–Crippen MR) is 93.2 cm³/mol. The van der Waals surface area contributed by atoms with E-state index in [0.29, 0.717) is 6.54 Å². The SMILES string of the molecule is O=C(C=Cc1cccs1)NCC(c1ccco1)N1CCCCC1. The second-order valence-corrected chi connectivity index (χ2v) is 6.70. The summed E-state index contributed by atoms with van der Waals surface area (Å²) in [5.74, 6) is 0.862. The summed E-state index contributed by atoms with van der Waals surface area (Å²) in [6, 6.07) is 7.99. The molecule has 1 atom stereocenters. The number of thiophene rings is 1. The molecule has 0 aromatic carbocycles. The molecular formula is C18H22N2O2S. The van der Waals surface area contributed by atoms with Gasteiger partial charge < -0.3 is 9.73 Å². The van der Waals surface area contributed by atoms with Gasteiger partial charge >= 0.3 is 0 Å². The van der Waals surface area contributed by atoms with Gasteiger partial charge in [-0.3, -0.25) is 9.69 Å². The van der Waals surface area contributed by atoms with Crippen LogP contribution < -0.4 is 5.32 Å². The molecule has 3 rings (SSSR count). The van der Waals surface area contributed by atoms with Gasteiger partial charge in [0.1, 0.15) is 5.76 Å². The number of carbonyl (C=O) groups is 1. The van der Waals surface area contributed by atoms with E-state index in [-0.39, 0.29) is 11.9 Å². The van der Waals surface area contributed by atoms with Crippen molar-refractivity contribution in [3.8, 4) is 0 Å². The summed E-state index contributed by atoms with van der Waals surface area (Å²) < 4.78 is 5.59. The highest BCUT2D eigenvalue weighted by molar-refractivity contribution is 7.10. The molecule has 0 bridgehead atoms. The Hall–Kier alpha value is -1.85. The number of nitrogens with zero attached hydrogens (tertiary/aromatic N) is 1. The molecule has 122 valence electrons. The van der Waals surface area contributed by atoms with Crippen molar-refractivity contribution < 1.29 is 9.21 Å². The van der Waals surface area contributed by atoms with Gasteiger partial charge in [-0.25, -0.2) is 0 Å². The normalized spacial score (nSPS) is 17.4. The van der Waals surface area contributed by atoms with Crippen molar-refractivity contribution >= 4 is 23.3 Å². The molecule has 5 heteroatoms. The van der Waals surface area contributed by atoms with E-state index in [4.69, 9.17) is 4.42 Å². The Labute approximate surface area is 140 Å². The molecule has 1 amide bonds. The number of hydrogen-bond acceptors (Lipinski definition) is 4. The molecule has 1 N–H and O–H groups in total. The average Bonchev–Trinajstić information content (AvgIpc) is 3.28. The first kappa shape index (κ1) is 16.0. The van der Waals surface area contributed by atoms with Crippen molar-refractivity contribution in [1.29, 1.82) is 0 Å². The summed E-state index contributed by atoms with van der Waals surface area (Å²) in [5, 5.41) is 5.01. The minimum atomic E-state index is -0.0630. The van der Waals surface area contributed by atoms with Crippen molar-refractivity contribution in [3.05, 3.63) is 52.6 Å². The van der Waals surface area contributed by atoms with E-state index in [1.807, 2.05) is 35.7 Å². The quantitative estimate of drug-likeness (QED) is 0.822. The lowest BCUT2D eigenvalue weighted by atomic mass is 10.1. The number of furan rings is 1. The lowest BCUT2D eigenvalue weighted by Crippen LogP contribution is -2.40. The summed E-state index contributed by atoms with van der Waals surface area (Å²) in [4.78, 5) is 15.5. The third-order valence-corrected chi connectivity index (χ3v) is 4.95. The van der Waals surface area contributed by atoms with E-state index in [1.165, 1.54) is 19.3 Å². The zero-order valence-electron chi connectivity index (χ0n) is 13.1. The van der Waals surface area contributed by atoms with Crippen LogP contribution in [-0.4, -0.2) is 30.4 Å². The fourth-order valence-electron chi connectivity index (χ4n) is 2.92. The van der Waals surface area contributed by atoms with E-state index in [2.05, 4.69) is 10.2 Å². The van der Waals surface area contributed by atoms with Crippen LogP contribution in [0.15, 0.2) is 46.4 Å². The van der Waals surface area contributed by atoms with Crippen LogP contribution in [0, 0.1) is 0 Å². The molecule has 3 heterocycles. The number of likely N-dealkylation sites (tertiary alicyclic amines) is 1. The molecule has 0 aliphatic carbocycles. The van der Waals surface area contributed by atoms with Crippen LogP contribution in [0.3, 0.4) is 0 Å². The smallest absolute Gasteiger partial charge is 0.244 e. The molecule has 0 radical (unpaired) electrons. The van der Waals surface area contributed by atoms with Crippen LogP contribution in [0.4, 0.5) is 0 Å². The number of hydrogen-bond donors (Lipinski definition) is 1. The lowest BCUT2D eigenvalue weighted by Gasteiger charge is -2.33. The van der Waals surface area contributed by atoms with Crippen LogP contribution in [0.1, 0.15) is 35.9 Å². The van der Waals surface area contributed by atoms with Gasteiger partial charge in [0, 0.05) is 17.5 Å². The molecule has 1 aliphatic heterocycles. The van der Waals surface area contributed by atoms with Crippen molar-refractivity contribution in [2.24, 2.45) is 0 Å². The van der Waals surface area contributed by atoms with Gasteiger partial charge in [-0.2, -0.15) is 0 Å².